The van der Waals surface area contributed by atoms with E-state index in [2.05, 4.69) is 10.3 Å². The summed E-state index contributed by atoms with van der Waals surface area (Å²) in [5, 5.41) is 3.33. The SMILES string of the molecule is CN=C(NCCc1cccc(C(=O)N(C)C)c1)N(C)Cc1ccc(F)cc1.I. The van der Waals surface area contributed by atoms with Crippen LogP contribution in [0.4, 0.5) is 4.39 Å². The van der Waals surface area contributed by atoms with Crippen molar-refractivity contribution in [2.45, 2.75) is 13.0 Å². The number of amides is 1. The molecule has 0 radical (unpaired) electrons. The molecule has 2 aromatic rings. The number of nitrogens with zero attached hydrogens (tertiary/aromatic N) is 3. The number of benzene rings is 2. The van der Waals surface area contributed by atoms with Gasteiger partial charge < -0.3 is 15.1 Å². The lowest BCUT2D eigenvalue weighted by Crippen LogP contribution is -2.39. The molecule has 0 aliphatic rings. The van der Waals surface area contributed by atoms with Crippen LogP contribution in [0, 0.1) is 5.82 Å². The highest BCUT2D eigenvalue weighted by Crippen LogP contribution is 2.08. The van der Waals surface area contributed by atoms with Crippen molar-refractivity contribution in [1.29, 1.82) is 0 Å². The molecule has 2 aromatic carbocycles. The second-order valence-electron chi connectivity index (χ2n) is 6.61. The first-order chi connectivity index (χ1) is 12.9. The number of guanidine groups is 1. The number of rotatable bonds is 6. The standard InChI is InChI=1S/C21H27FN4O.HI/c1-23-21(26(4)15-17-8-10-19(22)11-9-17)24-13-12-16-6-5-7-18(14-16)20(27)25(2)3;/h5-11,14H,12-13,15H2,1-4H3,(H,23,24);1H. The Kier molecular flexibility index (Phi) is 9.92. The molecule has 7 heteroatoms. The van der Waals surface area contributed by atoms with Gasteiger partial charge in [-0.2, -0.15) is 0 Å². The highest BCUT2D eigenvalue weighted by molar-refractivity contribution is 14.0. The van der Waals surface area contributed by atoms with Crippen LogP contribution in [-0.2, 0) is 13.0 Å². The summed E-state index contributed by atoms with van der Waals surface area (Å²) in [5.41, 5.74) is 2.79. The van der Waals surface area contributed by atoms with E-state index < -0.39 is 0 Å². The van der Waals surface area contributed by atoms with Crippen LogP contribution in [0.25, 0.3) is 0 Å². The second kappa shape index (κ2) is 11.6. The van der Waals surface area contributed by atoms with Crippen LogP contribution < -0.4 is 5.32 Å². The first-order valence-electron chi connectivity index (χ1n) is 8.87. The lowest BCUT2D eigenvalue weighted by molar-refractivity contribution is 0.0827. The van der Waals surface area contributed by atoms with Crippen molar-refractivity contribution >= 4 is 35.8 Å². The van der Waals surface area contributed by atoms with Crippen LogP contribution >= 0.6 is 24.0 Å². The Morgan fingerprint density at radius 2 is 1.75 bits per heavy atom. The number of nitrogens with one attached hydrogen (secondary N) is 1. The molecule has 0 spiro atoms. The van der Waals surface area contributed by atoms with Gasteiger partial charge in [0.25, 0.3) is 5.91 Å². The molecule has 152 valence electrons. The number of hydrogen-bond acceptors (Lipinski definition) is 2. The zero-order valence-electron chi connectivity index (χ0n) is 16.8. The van der Waals surface area contributed by atoms with Gasteiger partial charge >= 0.3 is 0 Å². The normalized spacial score (nSPS) is 10.8. The Balaban J connectivity index is 0.00000392. The summed E-state index contributed by atoms with van der Waals surface area (Å²) in [6.45, 7) is 1.33. The van der Waals surface area contributed by atoms with Gasteiger partial charge in [-0.15, -0.1) is 24.0 Å². The number of hydrogen-bond donors (Lipinski definition) is 1. The van der Waals surface area contributed by atoms with Crippen LogP contribution in [0.15, 0.2) is 53.5 Å². The third-order valence-electron chi connectivity index (χ3n) is 4.18. The fourth-order valence-electron chi connectivity index (χ4n) is 2.76. The lowest BCUT2D eigenvalue weighted by Gasteiger charge is -2.22. The van der Waals surface area contributed by atoms with Gasteiger partial charge in [0.1, 0.15) is 5.82 Å². The van der Waals surface area contributed by atoms with E-state index in [0.29, 0.717) is 18.7 Å². The first-order valence-corrected chi connectivity index (χ1v) is 8.87. The highest BCUT2D eigenvalue weighted by Gasteiger charge is 2.09. The molecule has 0 saturated carbocycles. The van der Waals surface area contributed by atoms with Crippen molar-refractivity contribution in [2.75, 3.05) is 34.7 Å². The van der Waals surface area contributed by atoms with Crippen LogP contribution in [0.1, 0.15) is 21.5 Å². The summed E-state index contributed by atoms with van der Waals surface area (Å²) in [4.78, 5) is 19.9. The quantitative estimate of drug-likeness (QED) is 0.378. The largest absolute Gasteiger partial charge is 0.356 e. The summed E-state index contributed by atoms with van der Waals surface area (Å²) in [6, 6.07) is 14.1. The fourth-order valence-corrected chi connectivity index (χ4v) is 2.76. The topological polar surface area (TPSA) is 47.9 Å². The monoisotopic (exact) mass is 498 g/mol. The molecule has 0 saturated heterocycles. The molecule has 28 heavy (non-hydrogen) atoms. The van der Waals surface area contributed by atoms with Gasteiger partial charge in [-0.25, -0.2) is 4.39 Å². The molecule has 0 heterocycles. The van der Waals surface area contributed by atoms with Crippen LogP contribution in [-0.4, -0.2) is 56.4 Å². The predicted molar refractivity (Wildman–Crippen MR) is 123 cm³/mol. The molecule has 5 nitrogen and oxygen atoms in total. The van der Waals surface area contributed by atoms with Crippen LogP contribution in [0.5, 0.6) is 0 Å². The molecule has 1 N–H and O–H groups in total. The first kappa shape index (κ1) is 23.9. The molecule has 0 aliphatic carbocycles. The third kappa shape index (κ3) is 7.10. The van der Waals surface area contributed by atoms with Gasteiger partial charge in [-0.1, -0.05) is 24.3 Å². The summed E-state index contributed by atoms with van der Waals surface area (Å²) in [7, 11) is 7.17. The molecular weight excluding hydrogens is 470 g/mol. The Hall–Kier alpha value is -2.16. The summed E-state index contributed by atoms with van der Waals surface area (Å²) in [6.07, 6.45) is 0.776. The van der Waals surface area contributed by atoms with E-state index in [0.717, 1.165) is 23.5 Å². The predicted octanol–water partition coefficient (Wildman–Crippen LogP) is 3.40. The van der Waals surface area contributed by atoms with Crippen molar-refractivity contribution in [3.8, 4) is 0 Å². The van der Waals surface area contributed by atoms with Crippen molar-refractivity contribution < 1.29 is 9.18 Å². The minimum absolute atomic E-state index is 0. The molecule has 0 aliphatic heterocycles. The Morgan fingerprint density at radius 1 is 1.07 bits per heavy atom. The number of aliphatic imine (C=N–C) groups is 1. The molecule has 0 aromatic heterocycles. The summed E-state index contributed by atoms with van der Waals surface area (Å²) in [5.74, 6) is 0.526. The number of carbonyl (C=O) groups excluding carboxylic acids is 1. The number of halogens is 2. The zero-order valence-corrected chi connectivity index (χ0v) is 19.1. The smallest absolute Gasteiger partial charge is 0.253 e. The Morgan fingerprint density at radius 3 is 2.36 bits per heavy atom. The highest BCUT2D eigenvalue weighted by atomic mass is 127. The maximum absolute atomic E-state index is 13.0. The van der Waals surface area contributed by atoms with E-state index in [1.54, 1.807) is 38.2 Å². The second-order valence-corrected chi connectivity index (χ2v) is 6.61. The van der Waals surface area contributed by atoms with Crippen molar-refractivity contribution in [2.24, 2.45) is 4.99 Å². The van der Waals surface area contributed by atoms with Crippen molar-refractivity contribution in [3.63, 3.8) is 0 Å². The van der Waals surface area contributed by atoms with Crippen LogP contribution in [0.2, 0.25) is 0 Å². The van der Waals surface area contributed by atoms with Crippen molar-refractivity contribution in [3.05, 3.63) is 71.0 Å². The average molecular weight is 498 g/mol. The molecule has 2 rings (SSSR count). The molecule has 1 amide bonds. The molecule has 0 atom stereocenters. The molecule has 0 bridgehead atoms. The van der Waals surface area contributed by atoms with E-state index >= 15 is 0 Å². The third-order valence-corrected chi connectivity index (χ3v) is 4.18. The van der Waals surface area contributed by atoms with Gasteiger partial charge in [-0.3, -0.25) is 9.79 Å². The minimum Gasteiger partial charge on any atom is -0.356 e. The molecule has 0 unspecified atom stereocenters. The Labute approximate surface area is 183 Å². The fraction of sp³-hybridized carbons (Fsp3) is 0.333. The average Bonchev–Trinajstić information content (AvgIpc) is 2.66. The Bertz CT molecular complexity index is 793. The van der Waals surface area contributed by atoms with Gasteiger partial charge in [0, 0.05) is 46.8 Å². The minimum atomic E-state index is -0.237. The number of carbonyl (C=O) groups is 1. The molecular formula is C21H28FIN4O. The van der Waals surface area contributed by atoms with Gasteiger partial charge in [0.05, 0.1) is 0 Å². The van der Waals surface area contributed by atoms with Crippen molar-refractivity contribution in [1.82, 2.24) is 15.1 Å². The molecule has 0 fully saturated rings. The van der Waals surface area contributed by atoms with Gasteiger partial charge in [-0.05, 0) is 41.8 Å². The van der Waals surface area contributed by atoms with E-state index in [-0.39, 0.29) is 35.7 Å². The van der Waals surface area contributed by atoms with Crippen LogP contribution in [0.3, 0.4) is 0 Å². The maximum atomic E-state index is 13.0. The van der Waals surface area contributed by atoms with E-state index in [1.165, 1.54) is 12.1 Å². The van der Waals surface area contributed by atoms with E-state index in [9.17, 15) is 9.18 Å². The lowest BCUT2D eigenvalue weighted by atomic mass is 10.1. The summed E-state index contributed by atoms with van der Waals surface area (Å²) >= 11 is 0. The zero-order chi connectivity index (χ0) is 19.8. The van der Waals surface area contributed by atoms with E-state index in [4.69, 9.17) is 0 Å². The van der Waals surface area contributed by atoms with E-state index in [1.807, 2.05) is 36.2 Å². The maximum Gasteiger partial charge on any atom is 0.253 e. The summed E-state index contributed by atoms with van der Waals surface area (Å²) < 4.78 is 13.0. The van der Waals surface area contributed by atoms with Gasteiger partial charge in [0.15, 0.2) is 5.96 Å². The van der Waals surface area contributed by atoms with Gasteiger partial charge in [0.2, 0.25) is 0 Å².